The Kier molecular flexibility index (Phi) is 2.54. The zero-order chi connectivity index (χ0) is 10.8. The molecule has 14 heavy (non-hydrogen) atoms. The zero-order valence-electron chi connectivity index (χ0n) is 8.24. The lowest BCUT2D eigenvalue weighted by Crippen LogP contribution is -2.38. The van der Waals surface area contributed by atoms with Crippen LogP contribution in [-0.2, 0) is 4.79 Å². The van der Waals surface area contributed by atoms with Crippen molar-refractivity contribution in [1.29, 1.82) is 0 Å². The van der Waals surface area contributed by atoms with E-state index in [-0.39, 0.29) is 10.8 Å². The Hall–Kier alpha value is 1.11. The molecule has 80 valence electrons. The van der Waals surface area contributed by atoms with Crippen LogP contribution in [0.1, 0.15) is 26.7 Å². The number of Topliss-reactive ketones (excluding diaryl/α,β-unsaturated/α-hetero) is 1. The van der Waals surface area contributed by atoms with E-state index in [0.29, 0.717) is 11.7 Å². The molecule has 0 N–H and O–H groups in total. The molecule has 0 aromatic heterocycles. The van der Waals surface area contributed by atoms with Gasteiger partial charge in [0.05, 0.1) is 0 Å². The van der Waals surface area contributed by atoms with Crippen LogP contribution in [0.4, 0.5) is 0 Å². The molecule has 2 bridgehead atoms. The summed E-state index contributed by atoms with van der Waals surface area (Å²) in [5.74, 6) is 0.718. The summed E-state index contributed by atoms with van der Waals surface area (Å²) in [5, 5.41) is 0.895. The first-order chi connectivity index (χ1) is 6.30. The first-order valence-electron chi connectivity index (χ1n) is 4.79. The topological polar surface area (TPSA) is 17.1 Å². The van der Waals surface area contributed by atoms with Crippen LogP contribution >= 0.6 is 47.8 Å². The second-order valence-corrected chi connectivity index (χ2v) is 9.05. The maximum Gasteiger partial charge on any atom is 0.166 e. The molecule has 2 aliphatic rings. The molecule has 0 amide bonds. The summed E-state index contributed by atoms with van der Waals surface area (Å²) in [6.45, 7) is 4.34. The first kappa shape index (κ1) is 11.6. The van der Waals surface area contributed by atoms with Gasteiger partial charge in [0, 0.05) is 10.7 Å². The Balaban J connectivity index is 2.56. The monoisotopic (exact) mass is 386 g/mol. The van der Waals surface area contributed by atoms with Gasteiger partial charge in [-0.15, -0.1) is 0 Å². The van der Waals surface area contributed by atoms with Crippen molar-refractivity contribution in [3.8, 4) is 0 Å². The normalized spacial score (nSPS) is 50.1. The van der Waals surface area contributed by atoms with Gasteiger partial charge in [0.1, 0.15) is 3.23 Å². The molecule has 0 aromatic rings. The van der Waals surface area contributed by atoms with Gasteiger partial charge in [-0.1, -0.05) is 61.6 Å². The Morgan fingerprint density at radius 2 is 2.00 bits per heavy atom. The van der Waals surface area contributed by atoms with E-state index in [1.54, 1.807) is 0 Å². The van der Waals surface area contributed by atoms with Gasteiger partial charge in [-0.3, -0.25) is 4.79 Å². The van der Waals surface area contributed by atoms with Crippen LogP contribution < -0.4 is 0 Å². The lowest BCUT2D eigenvalue weighted by atomic mass is 9.70. The van der Waals surface area contributed by atoms with Crippen LogP contribution in [0.3, 0.4) is 0 Å². The zero-order valence-corrected chi connectivity index (χ0v) is 13.0. The van der Waals surface area contributed by atoms with Crippen LogP contribution in [0, 0.1) is 16.7 Å². The molecule has 2 saturated carbocycles. The number of fused-ring (bicyclic) bond motifs is 2. The molecule has 0 radical (unpaired) electrons. The van der Waals surface area contributed by atoms with Crippen molar-refractivity contribution in [3.05, 3.63) is 0 Å². The van der Waals surface area contributed by atoms with Crippen LogP contribution in [0.15, 0.2) is 0 Å². The standard InChI is InChI=1S/C10H13Br3O/c1-8-4-3-6(9(8,2)5-11)10(12,13)7(8)14/h6H,3-5H2,1-2H3/t6-,8-,9?/m0/s1. The number of carbonyl (C=O) groups excluding carboxylic acids is 1. The molecule has 0 aromatic carbocycles. The average molecular weight is 389 g/mol. The summed E-state index contributed by atoms with van der Waals surface area (Å²) in [7, 11) is 0. The van der Waals surface area contributed by atoms with Gasteiger partial charge >= 0.3 is 0 Å². The molecular weight excluding hydrogens is 376 g/mol. The van der Waals surface area contributed by atoms with E-state index in [9.17, 15) is 4.79 Å². The number of ketones is 1. The Morgan fingerprint density at radius 1 is 1.43 bits per heavy atom. The summed E-state index contributed by atoms with van der Waals surface area (Å²) < 4.78 is -0.477. The van der Waals surface area contributed by atoms with Crippen molar-refractivity contribution in [2.45, 2.75) is 29.9 Å². The van der Waals surface area contributed by atoms with Crippen molar-refractivity contribution in [1.82, 2.24) is 0 Å². The molecule has 0 saturated heterocycles. The second-order valence-electron chi connectivity index (χ2n) is 4.93. The van der Waals surface area contributed by atoms with E-state index in [1.165, 1.54) is 0 Å². The molecule has 1 unspecified atom stereocenters. The quantitative estimate of drug-likeness (QED) is 0.623. The fraction of sp³-hybridized carbons (Fsp3) is 0.900. The minimum absolute atomic E-state index is 0.0804. The minimum atomic E-state index is -0.477. The summed E-state index contributed by atoms with van der Waals surface area (Å²) in [6, 6.07) is 0. The molecule has 0 spiro atoms. The van der Waals surface area contributed by atoms with Crippen LogP contribution in [-0.4, -0.2) is 14.3 Å². The highest BCUT2D eigenvalue weighted by molar-refractivity contribution is 9.26. The van der Waals surface area contributed by atoms with E-state index < -0.39 is 3.23 Å². The van der Waals surface area contributed by atoms with Gasteiger partial charge in [-0.25, -0.2) is 0 Å². The largest absolute Gasteiger partial charge is 0.296 e. The van der Waals surface area contributed by atoms with Crippen molar-refractivity contribution >= 4 is 53.6 Å². The highest BCUT2D eigenvalue weighted by Crippen LogP contribution is 2.71. The number of rotatable bonds is 1. The van der Waals surface area contributed by atoms with Crippen LogP contribution in [0.5, 0.6) is 0 Å². The molecule has 1 nitrogen and oxygen atoms in total. The highest BCUT2D eigenvalue weighted by atomic mass is 79.9. The molecule has 4 heteroatoms. The Bertz CT molecular complexity index is 302. The summed E-state index contributed by atoms with van der Waals surface area (Å²) >= 11 is 10.7. The number of alkyl halides is 3. The van der Waals surface area contributed by atoms with E-state index in [4.69, 9.17) is 0 Å². The second kappa shape index (κ2) is 3.07. The smallest absolute Gasteiger partial charge is 0.166 e. The molecule has 0 aliphatic heterocycles. The van der Waals surface area contributed by atoms with Gasteiger partial charge in [0.15, 0.2) is 5.78 Å². The van der Waals surface area contributed by atoms with Crippen LogP contribution in [0.2, 0.25) is 0 Å². The van der Waals surface area contributed by atoms with E-state index in [0.717, 1.165) is 18.2 Å². The molecular formula is C10H13Br3O. The van der Waals surface area contributed by atoms with Crippen molar-refractivity contribution in [2.24, 2.45) is 16.7 Å². The number of hydrogen-bond donors (Lipinski definition) is 0. The van der Waals surface area contributed by atoms with Crippen molar-refractivity contribution in [3.63, 3.8) is 0 Å². The molecule has 0 heterocycles. The predicted molar refractivity (Wildman–Crippen MR) is 68.3 cm³/mol. The maximum atomic E-state index is 12.3. The average Bonchev–Trinajstić information content (AvgIpc) is 2.44. The lowest BCUT2D eigenvalue weighted by molar-refractivity contribution is -0.128. The Labute approximate surface area is 110 Å². The number of hydrogen-bond acceptors (Lipinski definition) is 1. The van der Waals surface area contributed by atoms with Gasteiger partial charge < -0.3 is 0 Å². The fourth-order valence-electron chi connectivity index (χ4n) is 3.14. The van der Waals surface area contributed by atoms with Gasteiger partial charge in [0.2, 0.25) is 0 Å². The summed E-state index contributed by atoms with van der Waals surface area (Å²) in [6.07, 6.45) is 2.15. The highest BCUT2D eigenvalue weighted by Gasteiger charge is 2.72. The fourth-order valence-corrected chi connectivity index (χ4v) is 6.50. The molecule has 2 fully saturated rings. The number of halogens is 3. The number of carbonyl (C=O) groups is 1. The molecule has 3 atom stereocenters. The van der Waals surface area contributed by atoms with E-state index in [2.05, 4.69) is 61.6 Å². The first-order valence-corrected chi connectivity index (χ1v) is 7.50. The third-order valence-corrected chi connectivity index (χ3v) is 7.47. The Morgan fingerprint density at radius 3 is 2.29 bits per heavy atom. The van der Waals surface area contributed by atoms with Crippen molar-refractivity contribution < 1.29 is 4.79 Å². The van der Waals surface area contributed by atoms with Gasteiger partial charge in [-0.05, 0) is 24.2 Å². The van der Waals surface area contributed by atoms with E-state index in [1.807, 2.05) is 0 Å². The predicted octanol–water partition coefficient (Wildman–Crippen LogP) is 3.87. The SMILES string of the molecule is CC1(CBr)[C@@H]2CC[C@@]1(C)C(=O)C2(Br)Br. The van der Waals surface area contributed by atoms with Gasteiger partial charge in [0.25, 0.3) is 0 Å². The lowest BCUT2D eigenvalue weighted by Gasteiger charge is -2.34. The minimum Gasteiger partial charge on any atom is -0.296 e. The van der Waals surface area contributed by atoms with E-state index >= 15 is 0 Å². The van der Waals surface area contributed by atoms with Gasteiger partial charge in [-0.2, -0.15) is 0 Å². The third kappa shape index (κ3) is 1.03. The molecule has 2 aliphatic carbocycles. The maximum absolute atomic E-state index is 12.3. The third-order valence-electron chi connectivity index (χ3n) is 4.48. The van der Waals surface area contributed by atoms with Crippen molar-refractivity contribution in [2.75, 3.05) is 5.33 Å². The summed E-state index contributed by atoms with van der Waals surface area (Å²) in [4.78, 5) is 12.3. The summed E-state index contributed by atoms with van der Waals surface area (Å²) in [5.41, 5.74) is -0.0920. The molecule has 2 rings (SSSR count). The van der Waals surface area contributed by atoms with Crippen LogP contribution in [0.25, 0.3) is 0 Å².